The van der Waals surface area contributed by atoms with Gasteiger partial charge in [0.1, 0.15) is 0 Å². The summed E-state index contributed by atoms with van der Waals surface area (Å²) in [5.74, 6) is -0.0992. The number of anilines is 2. The summed E-state index contributed by atoms with van der Waals surface area (Å²) >= 11 is 13.3. The highest BCUT2D eigenvalue weighted by Gasteiger charge is 2.09. The van der Waals surface area contributed by atoms with E-state index in [1.165, 1.54) is 11.8 Å². The molecule has 2 N–H and O–H groups in total. The summed E-state index contributed by atoms with van der Waals surface area (Å²) in [6.07, 6.45) is 0. The molecule has 0 fully saturated rings. The highest BCUT2D eigenvalue weighted by molar-refractivity contribution is 8.00. The number of amides is 2. The molecule has 3 aromatic rings. The molecule has 148 valence electrons. The number of halogens is 2. The Labute approximate surface area is 183 Å². The fourth-order valence-electron chi connectivity index (χ4n) is 2.55. The topological polar surface area (TPSA) is 58.2 Å². The monoisotopic (exact) mass is 444 g/mol. The highest BCUT2D eigenvalue weighted by atomic mass is 35.5. The van der Waals surface area contributed by atoms with Gasteiger partial charge in [-0.15, -0.1) is 11.8 Å². The maximum absolute atomic E-state index is 12.3. The molecule has 0 bridgehead atoms. The Morgan fingerprint density at radius 2 is 1.69 bits per heavy atom. The number of rotatable bonds is 6. The molecule has 2 amide bonds. The number of hydrogen-bond donors (Lipinski definition) is 2. The average molecular weight is 445 g/mol. The van der Waals surface area contributed by atoms with E-state index in [0.717, 1.165) is 10.5 Å². The third-order valence-electron chi connectivity index (χ3n) is 3.97. The average Bonchev–Trinajstić information content (AvgIpc) is 2.69. The molecule has 0 radical (unpaired) electrons. The van der Waals surface area contributed by atoms with Gasteiger partial charge in [0.15, 0.2) is 0 Å². The van der Waals surface area contributed by atoms with Crippen molar-refractivity contribution < 1.29 is 9.59 Å². The van der Waals surface area contributed by atoms with Crippen LogP contribution in [0.25, 0.3) is 0 Å². The zero-order valence-electron chi connectivity index (χ0n) is 15.5. The quantitative estimate of drug-likeness (QED) is 0.439. The van der Waals surface area contributed by atoms with E-state index in [1.807, 2.05) is 49.4 Å². The SMILES string of the molecule is Cc1cccc(C(=O)Nc2ccc(SCC(=O)Nc3ccc(Cl)cc3Cl)cc2)c1. The Bertz CT molecular complexity index is 1040. The van der Waals surface area contributed by atoms with E-state index in [1.54, 1.807) is 24.3 Å². The molecule has 0 aliphatic carbocycles. The first kappa shape index (κ1) is 21.2. The summed E-state index contributed by atoms with van der Waals surface area (Å²) in [6, 6.07) is 19.7. The number of carbonyl (C=O) groups is 2. The Hall–Kier alpha value is -2.47. The van der Waals surface area contributed by atoms with Gasteiger partial charge in [-0.05, 0) is 61.5 Å². The van der Waals surface area contributed by atoms with Crippen LogP contribution < -0.4 is 10.6 Å². The van der Waals surface area contributed by atoms with Gasteiger partial charge in [0.25, 0.3) is 5.91 Å². The Kier molecular flexibility index (Phi) is 7.20. The predicted octanol–water partition coefficient (Wildman–Crippen LogP) is 6.28. The molecule has 0 atom stereocenters. The summed E-state index contributed by atoms with van der Waals surface area (Å²) < 4.78 is 0. The minimum Gasteiger partial charge on any atom is -0.324 e. The molecule has 4 nitrogen and oxygen atoms in total. The second kappa shape index (κ2) is 9.83. The van der Waals surface area contributed by atoms with Crippen molar-refractivity contribution in [2.24, 2.45) is 0 Å². The van der Waals surface area contributed by atoms with Crippen LogP contribution in [0, 0.1) is 6.92 Å². The van der Waals surface area contributed by atoms with Crippen molar-refractivity contribution >= 4 is 58.2 Å². The van der Waals surface area contributed by atoms with Crippen LogP contribution in [0.1, 0.15) is 15.9 Å². The third kappa shape index (κ3) is 6.26. The lowest BCUT2D eigenvalue weighted by Gasteiger charge is -2.09. The molecule has 3 rings (SSSR count). The standard InChI is InChI=1S/C22H18Cl2N2O2S/c1-14-3-2-4-15(11-14)22(28)25-17-6-8-18(9-7-17)29-13-21(27)26-20-10-5-16(23)12-19(20)24/h2-12H,13H2,1H3,(H,25,28)(H,26,27). The van der Waals surface area contributed by atoms with Crippen molar-refractivity contribution in [1.29, 1.82) is 0 Å². The van der Waals surface area contributed by atoms with E-state index in [-0.39, 0.29) is 17.6 Å². The molecule has 0 unspecified atom stereocenters. The molecular formula is C22H18Cl2N2O2S. The van der Waals surface area contributed by atoms with E-state index in [0.29, 0.717) is 27.0 Å². The normalized spacial score (nSPS) is 10.4. The number of benzene rings is 3. The van der Waals surface area contributed by atoms with Crippen LogP contribution in [-0.4, -0.2) is 17.6 Å². The maximum Gasteiger partial charge on any atom is 0.255 e. The van der Waals surface area contributed by atoms with Gasteiger partial charge < -0.3 is 10.6 Å². The Morgan fingerprint density at radius 3 is 2.38 bits per heavy atom. The van der Waals surface area contributed by atoms with Crippen molar-refractivity contribution in [3.05, 3.63) is 87.9 Å². The van der Waals surface area contributed by atoms with Crippen LogP contribution in [0.2, 0.25) is 10.0 Å². The van der Waals surface area contributed by atoms with Crippen molar-refractivity contribution in [3.63, 3.8) is 0 Å². The van der Waals surface area contributed by atoms with E-state index in [2.05, 4.69) is 10.6 Å². The minimum atomic E-state index is -0.170. The van der Waals surface area contributed by atoms with Crippen molar-refractivity contribution in [1.82, 2.24) is 0 Å². The molecule has 0 saturated heterocycles. The molecular weight excluding hydrogens is 427 g/mol. The van der Waals surface area contributed by atoms with Crippen LogP contribution in [0.15, 0.2) is 71.6 Å². The number of aryl methyl sites for hydroxylation is 1. The number of carbonyl (C=O) groups excluding carboxylic acids is 2. The van der Waals surface area contributed by atoms with Gasteiger partial charge in [-0.2, -0.15) is 0 Å². The second-order valence-electron chi connectivity index (χ2n) is 6.31. The molecule has 7 heteroatoms. The summed E-state index contributed by atoms with van der Waals surface area (Å²) in [4.78, 5) is 25.4. The molecule has 0 saturated carbocycles. The van der Waals surface area contributed by atoms with E-state index >= 15 is 0 Å². The van der Waals surface area contributed by atoms with Crippen LogP contribution in [-0.2, 0) is 4.79 Å². The Morgan fingerprint density at radius 1 is 0.931 bits per heavy atom. The van der Waals surface area contributed by atoms with E-state index in [9.17, 15) is 9.59 Å². The number of hydrogen-bond acceptors (Lipinski definition) is 3. The lowest BCUT2D eigenvalue weighted by Crippen LogP contribution is -2.14. The Balaban J connectivity index is 1.52. The minimum absolute atomic E-state index is 0.159. The first-order chi connectivity index (χ1) is 13.9. The van der Waals surface area contributed by atoms with Gasteiger partial charge in [0.05, 0.1) is 16.5 Å². The van der Waals surface area contributed by atoms with Crippen LogP contribution in [0.4, 0.5) is 11.4 Å². The molecule has 29 heavy (non-hydrogen) atoms. The van der Waals surface area contributed by atoms with Crippen molar-refractivity contribution in [3.8, 4) is 0 Å². The van der Waals surface area contributed by atoms with Gasteiger partial charge in [0.2, 0.25) is 5.91 Å². The fourth-order valence-corrected chi connectivity index (χ4v) is 3.70. The fraction of sp³-hybridized carbons (Fsp3) is 0.0909. The van der Waals surface area contributed by atoms with Crippen LogP contribution in [0.5, 0.6) is 0 Å². The number of nitrogens with one attached hydrogen (secondary N) is 2. The largest absolute Gasteiger partial charge is 0.324 e. The lowest BCUT2D eigenvalue weighted by atomic mass is 10.1. The molecule has 0 spiro atoms. The molecule has 3 aromatic carbocycles. The van der Waals surface area contributed by atoms with Gasteiger partial charge in [0, 0.05) is 21.2 Å². The summed E-state index contributed by atoms with van der Waals surface area (Å²) in [5, 5.41) is 6.53. The van der Waals surface area contributed by atoms with Crippen LogP contribution >= 0.6 is 35.0 Å². The van der Waals surface area contributed by atoms with Crippen molar-refractivity contribution in [2.45, 2.75) is 11.8 Å². The first-order valence-electron chi connectivity index (χ1n) is 8.76. The van der Waals surface area contributed by atoms with E-state index in [4.69, 9.17) is 23.2 Å². The maximum atomic E-state index is 12.3. The molecule has 0 aromatic heterocycles. The predicted molar refractivity (Wildman–Crippen MR) is 121 cm³/mol. The summed E-state index contributed by atoms with van der Waals surface area (Å²) in [7, 11) is 0. The molecule has 0 aliphatic heterocycles. The highest BCUT2D eigenvalue weighted by Crippen LogP contribution is 2.26. The van der Waals surface area contributed by atoms with Gasteiger partial charge in [-0.25, -0.2) is 0 Å². The second-order valence-corrected chi connectivity index (χ2v) is 8.20. The zero-order chi connectivity index (χ0) is 20.8. The van der Waals surface area contributed by atoms with Gasteiger partial charge in [-0.3, -0.25) is 9.59 Å². The van der Waals surface area contributed by atoms with Gasteiger partial charge in [-0.1, -0.05) is 40.9 Å². The molecule has 0 aliphatic rings. The zero-order valence-corrected chi connectivity index (χ0v) is 17.9. The van der Waals surface area contributed by atoms with Gasteiger partial charge >= 0.3 is 0 Å². The summed E-state index contributed by atoms with van der Waals surface area (Å²) in [6.45, 7) is 1.94. The number of thioether (sulfide) groups is 1. The smallest absolute Gasteiger partial charge is 0.255 e. The third-order valence-corrected chi connectivity index (χ3v) is 5.53. The van der Waals surface area contributed by atoms with Crippen LogP contribution in [0.3, 0.4) is 0 Å². The first-order valence-corrected chi connectivity index (χ1v) is 10.5. The lowest BCUT2D eigenvalue weighted by molar-refractivity contribution is -0.113. The molecule has 0 heterocycles. The van der Waals surface area contributed by atoms with E-state index < -0.39 is 0 Å². The summed E-state index contributed by atoms with van der Waals surface area (Å²) in [5.41, 5.74) is 2.86. The van der Waals surface area contributed by atoms with Crippen molar-refractivity contribution in [2.75, 3.05) is 16.4 Å².